The van der Waals surface area contributed by atoms with E-state index in [2.05, 4.69) is 41.2 Å². The average Bonchev–Trinajstić information content (AvgIpc) is 3.12. The Morgan fingerprint density at radius 2 is 1.61 bits per heavy atom. The molecule has 0 heterocycles. The first-order valence-corrected chi connectivity index (χ1v) is 13.5. The van der Waals surface area contributed by atoms with Crippen LogP contribution in [0, 0.1) is 57.2 Å². The second-order valence-electron chi connectivity index (χ2n) is 13.7. The molecule has 2 heteroatoms. The van der Waals surface area contributed by atoms with Crippen molar-refractivity contribution in [3.8, 4) is 0 Å². The summed E-state index contributed by atoms with van der Waals surface area (Å²) >= 11 is 0. The lowest BCUT2D eigenvalue weighted by Crippen LogP contribution is -2.65. The summed E-state index contributed by atoms with van der Waals surface area (Å²) in [7, 11) is 0. The summed E-state index contributed by atoms with van der Waals surface area (Å²) in [6, 6.07) is 0. The summed E-state index contributed by atoms with van der Waals surface area (Å²) in [5.41, 5.74) is 2.65. The third-order valence-electron chi connectivity index (χ3n) is 13.1. The van der Waals surface area contributed by atoms with Crippen molar-refractivity contribution in [2.45, 2.75) is 105 Å². The molecule has 176 valence electrons. The van der Waals surface area contributed by atoms with Gasteiger partial charge in [-0.2, -0.15) is 0 Å². The highest BCUT2D eigenvalue weighted by Crippen LogP contribution is 2.76. The summed E-state index contributed by atoms with van der Waals surface area (Å²) < 4.78 is 0. The number of allylic oxidation sites excluding steroid dienone is 1. The fourth-order valence-electron chi connectivity index (χ4n) is 11.2. The van der Waals surface area contributed by atoms with Crippen LogP contribution in [-0.4, -0.2) is 22.9 Å². The van der Waals surface area contributed by atoms with Gasteiger partial charge in [-0.05, 0) is 128 Å². The standard InChI is InChI=1S/C29H48O2/c1-18(2)20-9-14-29(17-30)16-15-27(5)22(25(20)29)7-8-24-26(4)12-11-23(31)19(3)21(26)10-13-28(24,27)6/h19-25,30-31H,1,7-17H2,2-6H3. The largest absolute Gasteiger partial charge is 0.396 e. The highest BCUT2D eigenvalue weighted by Gasteiger charge is 2.69. The van der Waals surface area contributed by atoms with Crippen LogP contribution in [-0.2, 0) is 0 Å². The predicted molar refractivity (Wildman–Crippen MR) is 127 cm³/mol. The van der Waals surface area contributed by atoms with Crippen LogP contribution in [0.2, 0.25) is 0 Å². The normalized spacial score (nSPS) is 58.6. The molecule has 0 radical (unpaired) electrons. The molecule has 31 heavy (non-hydrogen) atoms. The van der Waals surface area contributed by atoms with E-state index in [1.165, 1.54) is 63.4 Å². The van der Waals surface area contributed by atoms with Gasteiger partial charge in [0.15, 0.2) is 0 Å². The van der Waals surface area contributed by atoms with Crippen LogP contribution in [0.25, 0.3) is 0 Å². The molecule has 11 unspecified atom stereocenters. The molecule has 2 nitrogen and oxygen atoms in total. The Kier molecular flexibility index (Phi) is 5.13. The second-order valence-corrected chi connectivity index (χ2v) is 13.7. The minimum atomic E-state index is -0.0935. The maximum absolute atomic E-state index is 10.6. The minimum absolute atomic E-state index is 0.0935. The molecule has 5 aliphatic rings. The SMILES string of the molecule is C=C(C)C1CCC2(CO)CCC3(C)C(CCC4C5(C)CCC(O)C(C)C5CCC43C)C12. The van der Waals surface area contributed by atoms with E-state index in [1.807, 2.05) is 0 Å². The van der Waals surface area contributed by atoms with Crippen molar-refractivity contribution in [3.05, 3.63) is 12.2 Å². The number of aliphatic hydroxyl groups excluding tert-OH is 2. The minimum Gasteiger partial charge on any atom is -0.396 e. The molecule has 0 aromatic heterocycles. The molecule has 0 saturated heterocycles. The van der Waals surface area contributed by atoms with E-state index in [-0.39, 0.29) is 11.5 Å². The van der Waals surface area contributed by atoms with E-state index in [9.17, 15) is 10.2 Å². The number of aliphatic hydroxyl groups is 2. The predicted octanol–water partition coefficient (Wildman–Crippen LogP) is 6.61. The first-order chi connectivity index (χ1) is 14.5. The van der Waals surface area contributed by atoms with Crippen LogP contribution in [0.15, 0.2) is 12.2 Å². The van der Waals surface area contributed by atoms with Gasteiger partial charge in [-0.1, -0.05) is 39.8 Å². The van der Waals surface area contributed by atoms with Crippen LogP contribution in [0.1, 0.15) is 98.8 Å². The molecule has 0 aromatic carbocycles. The van der Waals surface area contributed by atoms with Crippen LogP contribution >= 0.6 is 0 Å². The second kappa shape index (κ2) is 7.08. The topological polar surface area (TPSA) is 40.5 Å². The average molecular weight is 429 g/mol. The Morgan fingerprint density at radius 3 is 2.29 bits per heavy atom. The molecular formula is C29H48O2. The van der Waals surface area contributed by atoms with E-state index in [0.29, 0.717) is 46.5 Å². The summed E-state index contributed by atoms with van der Waals surface area (Å²) in [5.74, 6) is 3.87. The number of fused-ring (bicyclic) bond motifs is 7. The molecule has 5 aliphatic carbocycles. The van der Waals surface area contributed by atoms with Crippen molar-refractivity contribution in [2.24, 2.45) is 57.2 Å². The van der Waals surface area contributed by atoms with E-state index < -0.39 is 0 Å². The summed E-state index contributed by atoms with van der Waals surface area (Å²) in [6.45, 7) is 17.3. The molecule has 11 atom stereocenters. The molecule has 0 bridgehead atoms. The Labute approximate surface area is 191 Å². The van der Waals surface area contributed by atoms with E-state index in [4.69, 9.17) is 0 Å². The maximum Gasteiger partial charge on any atom is 0.0568 e. The van der Waals surface area contributed by atoms with Crippen LogP contribution in [0.3, 0.4) is 0 Å². The molecule has 0 aliphatic heterocycles. The van der Waals surface area contributed by atoms with E-state index in [0.717, 1.165) is 18.3 Å². The van der Waals surface area contributed by atoms with Gasteiger partial charge in [0.1, 0.15) is 0 Å². The highest BCUT2D eigenvalue weighted by atomic mass is 16.3. The highest BCUT2D eigenvalue weighted by molar-refractivity contribution is 5.20. The van der Waals surface area contributed by atoms with Crippen molar-refractivity contribution in [1.82, 2.24) is 0 Å². The number of hydrogen-bond acceptors (Lipinski definition) is 2. The Morgan fingerprint density at radius 1 is 0.871 bits per heavy atom. The summed E-state index contributed by atoms with van der Waals surface area (Å²) in [6.07, 6.45) is 12.4. The van der Waals surface area contributed by atoms with Crippen LogP contribution in [0.4, 0.5) is 0 Å². The number of hydrogen-bond donors (Lipinski definition) is 2. The number of rotatable bonds is 2. The maximum atomic E-state index is 10.6. The van der Waals surface area contributed by atoms with Gasteiger partial charge in [-0.15, -0.1) is 0 Å². The fourth-order valence-corrected chi connectivity index (χ4v) is 11.2. The van der Waals surface area contributed by atoms with Crippen molar-refractivity contribution in [1.29, 1.82) is 0 Å². The van der Waals surface area contributed by atoms with Gasteiger partial charge in [0.25, 0.3) is 0 Å². The van der Waals surface area contributed by atoms with Crippen LogP contribution < -0.4 is 0 Å². The van der Waals surface area contributed by atoms with Gasteiger partial charge in [0.05, 0.1) is 6.10 Å². The molecule has 5 fully saturated rings. The molecule has 0 spiro atoms. The lowest BCUT2D eigenvalue weighted by atomic mass is 9.33. The zero-order valence-electron chi connectivity index (χ0n) is 20.9. The lowest BCUT2D eigenvalue weighted by molar-refractivity contribution is -0.237. The third kappa shape index (κ3) is 2.70. The van der Waals surface area contributed by atoms with Gasteiger partial charge in [-0.3, -0.25) is 0 Å². The zero-order valence-corrected chi connectivity index (χ0v) is 20.9. The summed E-state index contributed by atoms with van der Waals surface area (Å²) in [5, 5.41) is 21.3. The lowest BCUT2D eigenvalue weighted by Gasteiger charge is -2.72. The molecule has 5 rings (SSSR count). The first-order valence-electron chi connectivity index (χ1n) is 13.5. The van der Waals surface area contributed by atoms with E-state index in [1.54, 1.807) is 0 Å². The van der Waals surface area contributed by atoms with Gasteiger partial charge in [-0.25, -0.2) is 0 Å². The van der Waals surface area contributed by atoms with Crippen LogP contribution in [0.5, 0.6) is 0 Å². The van der Waals surface area contributed by atoms with Gasteiger partial charge in [0, 0.05) is 6.61 Å². The molecule has 0 aromatic rings. The van der Waals surface area contributed by atoms with E-state index >= 15 is 0 Å². The third-order valence-corrected chi connectivity index (χ3v) is 13.1. The van der Waals surface area contributed by atoms with Gasteiger partial charge < -0.3 is 10.2 Å². The van der Waals surface area contributed by atoms with Crippen molar-refractivity contribution in [3.63, 3.8) is 0 Å². The van der Waals surface area contributed by atoms with Crippen molar-refractivity contribution in [2.75, 3.05) is 6.61 Å². The quantitative estimate of drug-likeness (QED) is 0.486. The van der Waals surface area contributed by atoms with Crippen molar-refractivity contribution >= 4 is 0 Å². The van der Waals surface area contributed by atoms with Gasteiger partial charge in [0.2, 0.25) is 0 Å². The zero-order chi connectivity index (χ0) is 22.4. The molecule has 5 saturated carbocycles. The Bertz CT molecular complexity index is 745. The first kappa shape index (κ1) is 22.5. The Hall–Kier alpha value is -0.340. The Balaban J connectivity index is 1.54. The monoisotopic (exact) mass is 428 g/mol. The fraction of sp³-hybridized carbons (Fsp3) is 0.931. The summed E-state index contributed by atoms with van der Waals surface area (Å²) in [4.78, 5) is 0. The van der Waals surface area contributed by atoms with Gasteiger partial charge >= 0.3 is 0 Å². The van der Waals surface area contributed by atoms with Crippen molar-refractivity contribution < 1.29 is 10.2 Å². The molecule has 0 amide bonds. The molecule has 2 N–H and O–H groups in total. The molecular weight excluding hydrogens is 380 g/mol. The smallest absolute Gasteiger partial charge is 0.0568 e.